The SMILES string of the molecule is C=C(C)CN1[C@H](C(=O)c2ccccc2)OC2CCCCC2C1(C)C. The van der Waals surface area contributed by atoms with E-state index in [2.05, 4.69) is 25.3 Å². The van der Waals surface area contributed by atoms with Gasteiger partial charge in [0.1, 0.15) is 0 Å². The van der Waals surface area contributed by atoms with E-state index in [4.69, 9.17) is 4.74 Å². The molecule has 1 aromatic carbocycles. The zero-order valence-corrected chi connectivity index (χ0v) is 15.1. The Morgan fingerprint density at radius 3 is 2.58 bits per heavy atom. The number of hydrogen-bond donors (Lipinski definition) is 0. The second-order valence-electron chi connectivity index (χ2n) is 7.89. The van der Waals surface area contributed by atoms with Crippen molar-refractivity contribution in [3.63, 3.8) is 0 Å². The topological polar surface area (TPSA) is 29.5 Å². The molecule has 1 aliphatic heterocycles. The van der Waals surface area contributed by atoms with Gasteiger partial charge in [0.2, 0.25) is 5.78 Å². The van der Waals surface area contributed by atoms with Gasteiger partial charge >= 0.3 is 0 Å². The van der Waals surface area contributed by atoms with Gasteiger partial charge in [-0.2, -0.15) is 0 Å². The Bertz CT molecular complexity index is 608. The summed E-state index contributed by atoms with van der Waals surface area (Å²) >= 11 is 0. The molecule has 0 radical (unpaired) electrons. The van der Waals surface area contributed by atoms with E-state index in [-0.39, 0.29) is 17.4 Å². The van der Waals surface area contributed by atoms with Crippen LogP contribution in [0.2, 0.25) is 0 Å². The van der Waals surface area contributed by atoms with Crippen molar-refractivity contribution >= 4 is 5.78 Å². The molecule has 3 nitrogen and oxygen atoms in total. The van der Waals surface area contributed by atoms with E-state index < -0.39 is 6.23 Å². The zero-order chi connectivity index (χ0) is 17.3. The third-order valence-corrected chi connectivity index (χ3v) is 5.66. The molecule has 2 fully saturated rings. The van der Waals surface area contributed by atoms with Crippen molar-refractivity contribution in [1.82, 2.24) is 4.90 Å². The van der Waals surface area contributed by atoms with Gasteiger partial charge in [-0.15, -0.1) is 0 Å². The lowest BCUT2D eigenvalue weighted by atomic mass is 9.72. The molecule has 3 rings (SSSR count). The summed E-state index contributed by atoms with van der Waals surface area (Å²) in [6.45, 7) is 11.3. The summed E-state index contributed by atoms with van der Waals surface area (Å²) in [6.07, 6.45) is 4.37. The summed E-state index contributed by atoms with van der Waals surface area (Å²) < 4.78 is 6.39. The number of ether oxygens (including phenoxy) is 1. The van der Waals surface area contributed by atoms with Gasteiger partial charge in [-0.1, -0.05) is 55.3 Å². The molecule has 2 unspecified atom stereocenters. The summed E-state index contributed by atoms with van der Waals surface area (Å²) in [4.78, 5) is 15.4. The smallest absolute Gasteiger partial charge is 0.206 e. The number of fused-ring (bicyclic) bond motifs is 1. The molecule has 2 aliphatic rings. The Kier molecular flexibility index (Phi) is 4.93. The lowest BCUT2D eigenvalue weighted by Crippen LogP contribution is -2.66. The third kappa shape index (κ3) is 3.20. The molecule has 0 bridgehead atoms. The summed E-state index contributed by atoms with van der Waals surface area (Å²) in [5.41, 5.74) is 1.71. The summed E-state index contributed by atoms with van der Waals surface area (Å²) in [6, 6.07) is 9.52. The molecule has 1 saturated carbocycles. The lowest BCUT2D eigenvalue weighted by Gasteiger charge is -2.56. The molecule has 3 heteroatoms. The van der Waals surface area contributed by atoms with Crippen molar-refractivity contribution in [1.29, 1.82) is 0 Å². The van der Waals surface area contributed by atoms with E-state index in [1.807, 2.05) is 37.3 Å². The van der Waals surface area contributed by atoms with E-state index in [1.165, 1.54) is 19.3 Å². The van der Waals surface area contributed by atoms with E-state index in [0.29, 0.717) is 12.5 Å². The highest BCUT2D eigenvalue weighted by molar-refractivity contribution is 5.99. The Morgan fingerprint density at radius 1 is 1.25 bits per heavy atom. The largest absolute Gasteiger partial charge is 0.352 e. The standard InChI is InChI=1S/C21H29NO2/c1-15(2)14-22-20(19(23)16-10-6-5-7-11-16)24-18-13-9-8-12-17(18)21(22,3)4/h5-7,10-11,17-18,20H,1,8-9,12-14H2,2-4H3/t17?,18?,20-/m0/s1. The first-order valence-electron chi connectivity index (χ1n) is 9.07. The minimum Gasteiger partial charge on any atom is -0.352 e. The predicted octanol–water partition coefficient (Wildman–Crippen LogP) is 4.44. The van der Waals surface area contributed by atoms with Crippen LogP contribution in [0, 0.1) is 5.92 Å². The van der Waals surface area contributed by atoms with E-state index in [1.54, 1.807) is 0 Å². The number of benzene rings is 1. The molecule has 0 N–H and O–H groups in total. The molecule has 0 amide bonds. The van der Waals surface area contributed by atoms with Crippen LogP contribution in [0.5, 0.6) is 0 Å². The molecule has 0 spiro atoms. The van der Waals surface area contributed by atoms with Crippen LogP contribution in [0.4, 0.5) is 0 Å². The Morgan fingerprint density at radius 2 is 1.92 bits per heavy atom. The van der Waals surface area contributed by atoms with Crippen molar-refractivity contribution in [3.05, 3.63) is 48.0 Å². The molecule has 1 saturated heterocycles. The van der Waals surface area contributed by atoms with E-state index >= 15 is 0 Å². The van der Waals surface area contributed by atoms with Crippen LogP contribution >= 0.6 is 0 Å². The average Bonchev–Trinajstić information content (AvgIpc) is 2.57. The highest BCUT2D eigenvalue weighted by Crippen LogP contribution is 2.44. The summed E-state index contributed by atoms with van der Waals surface area (Å²) in [5.74, 6) is 0.541. The van der Waals surface area contributed by atoms with Crippen molar-refractivity contribution in [2.45, 2.75) is 64.3 Å². The maximum absolute atomic E-state index is 13.2. The first kappa shape index (κ1) is 17.4. The summed E-state index contributed by atoms with van der Waals surface area (Å²) in [7, 11) is 0. The number of carbonyl (C=O) groups is 1. The number of hydrogen-bond acceptors (Lipinski definition) is 3. The number of carbonyl (C=O) groups excluding carboxylic acids is 1. The highest BCUT2D eigenvalue weighted by atomic mass is 16.5. The van der Waals surface area contributed by atoms with Gasteiger partial charge in [-0.3, -0.25) is 9.69 Å². The predicted molar refractivity (Wildman–Crippen MR) is 97.0 cm³/mol. The molecule has 24 heavy (non-hydrogen) atoms. The normalized spacial score (nSPS) is 29.7. The Balaban J connectivity index is 1.95. The van der Waals surface area contributed by atoms with E-state index in [9.17, 15) is 4.79 Å². The van der Waals surface area contributed by atoms with Crippen LogP contribution in [0.3, 0.4) is 0 Å². The molecule has 1 heterocycles. The molecule has 0 aromatic heterocycles. The Labute approximate surface area is 145 Å². The van der Waals surface area contributed by atoms with Crippen molar-refractivity contribution in [2.24, 2.45) is 5.92 Å². The minimum atomic E-state index is -0.515. The maximum Gasteiger partial charge on any atom is 0.206 e. The fourth-order valence-corrected chi connectivity index (χ4v) is 4.35. The van der Waals surface area contributed by atoms with Gasteiger partial charge in [0, 0.05) is 23.6 Å². The van der Waals surface area contributed by atoms with Crippen LogP contribution in [0.1, 0.15) is 56.8 Å². The van der Waals surface area contributed by atoms with Gasteiger partial charge in [0.15, 0.2) is 6.23 Å². The number of ketones is 1. The Hall–Kier alpha value is -1.45. The number of nitrogens with zero attached hydrogens (tertiary/aromatic N) is 1. The molecule has 1 aliphatic carbocycles. The van der Waals surface area contributed by atoms with Gasteiger partial charge in [0.25, 0.3) is 0 Å². The van der Waals surface area contributed by atoms with Gasteiger partial charge < -0.3 is 4.74 Å². The van der Waals surface area contributed by atoms with Gasteiger partial charge in [-0.05, 0) is 33.6 Å². The van der Waals surface area contributed by atoms with E-state index in [0.717, 1.165) is 17.6 Å². The summed E-state index contributed by atoms with van der Waals surface area (Å²) in [5, 5.41) is 0. The monoisotopic (exact) mass is 327 g/mol. The lowest BCUT2D eigenvalue weighted by molar-refractivity contribution is -0.206. The third-order valence-electron chi connectivity index (χ3n) is 5.66. The quantitative estimate of drug-likeness (QED) is 0.605. The van der Waals surface area contributed by atoms with Crippen molar-refractivity contribution < 1.29 is 9.53 Å². The molecule has 130 valence electrons. The van der Waals surface area contributed by atoms with Crippen LogP contribution in [-0.2, 0) is 4.74 Å². The first-order chi connectivity index (χ1) is 11.4. The highest BCUT2D eigenvalue weighted by Gasteiger charge is 2.51. The van der Waals surface area contributed by atoms with Crippen molar-refractivity contribution in [3.8, 4) is 0 Å². The van der Waals surface area contributed by atoms with Crippen LogP contribution in [-0.4, -0.2) is 35.1 Å². The van der Waals surface area contributed by atoms with Crippen LogP contribution in [0.25, 0.3) is 0 Å². The number of rotatable bonds is 4. The second-order valence-corrected chi connectivity index (χ2v) is 7.89. The van der Waals surface area contributed by atoms with Gasteiger partial charge in [-0.25, -0.2) is 0 Å². The average molecular weight is 327 g/mol. The molecule has 3 atom stereocenters. The fourth-order valence-electron chi connectivity index (χ4n) is 4.35. The van der Waals surface area contributed by atoms with Crippen molar-refractivity contribution in [2.75, 3.05) is 6.54 Å². The molecule has 1 aromatic rings. The minimum absolute atomic E-state index is 0.0638. The second kappa shape index (κ2) is 6.81. The maximum atomic E-state index is 13.2. The van der Waals surface area contributed by atoms with Crippen LogP contribution in [0.15, 0.2) is 42.5 Å². The zero-order valence-electron chi connectivity index (χ0n) is 15.1. The number of Topliss-reactive ketones (excluding diaryl/α,β-unsaturated/α-hetero) is 1. The first-order valence-corrected chi connectivity index (χ1v) is 9.07. The molecular formula is C21H29NO2. The molecular weight excluding hydrogens is 298 g/mol. The van der Waals surface area contributed by atoms with Gasteiger partial charge in [0.05, 0.1) is 6.10 Å². The van der Waals surface area contributed by atoms with Crippen LogP contribution < -0.4 is 0 Å². The fraction of sp³-hybridized carbons (Fsp3) is 0.571.